The molecular weight excluding hydrogens is 319 g/mol. The van der Waals surface area contributed by atoms with Gasteiger partial charge in [-0.1, -0.05) is 15.9 Å². The lowest BCUT2D eigenvalue weighted by atomic mass is 10.2. The van der Waals surface area contributed by atoms with Crippen molar-refractivity contribution < 1.29 is 27.4 Å². The minimum atomic E-state index is -4.41. The number of amides is 1. The third-order valence-corrected chi connectivity index (χ3v) is 3.06. The number of morpholine rings is 1. The predicted octanol–water partition coefficient (Wildman–Crippen LogP) is 1.58. The van der Waals surface area contributed by atoms with Gasteiger partial charge >= 0.3 is 6.18 Å². The minimum absolute atomic E-state index is 0.132. The van der Waals surface area contributed by atoms with Crippen LogP contribution in [0.25, 0.3) is 0 Å². The van der Waals surface area contributed by atoms with Crippen LogP contribution in [0.3, 0.4) is 0 Å². The minimum Gasteiger partial charge on any atom is -0.371 e. The van der Waals surface area contributed by atoms with Crippen LogP contribution in [-0.2, 0) is 14.3 Å². The van der Waals surface area contributed by atoms with Gasteiger partial charge in [-0.25, -0.2) is 0 Å². The van der Waals surface area contributed by atoms with Crippen LogP contribution >= 0.6 is 15.9 Å². The zero-order valence-corrected chi connectivity index (χ0v) is 11.5. The predicted molar refractivity (Wildman–Crippen MR) is 61.6 cm³/mol. The molecule has 0 aromatic rings. The number of alkyl halides is 4. The summed E-state index contributed by atoms with van der Waals surface area (Å²) in [7, 11) is 0. The van der Waals surface area contributed by atoms with Crippen molar-refractivity contribution in [1.29, 1.82) is 0 Å². The first-order chi connectivity index (χ1) is 8.31. The van der Waals surface area contributed by atoms with Crippen LogP contribution in [0.5, 0.6) is 0 Å². The molecule has 18 heavy (non-hydrogen) atoms. The Kier molecular flexibility index (Phi) is 5.87. The maximum atomic E-state index is 11.9. The van der Waals surface area contributed by atoms with Crippen molar-refractivity contribution in [3.63, 3.8) is 0 Å². The zero-order valence-electron chi connectivity index (χ0n) is 9.87. The molecule has 0 bridgehead atoms. The summed E-state index contributed by atoms with van der Waals surface area (Å²) in [6, 6.07) is 0. The fourth-order valence-electron chi connectivity index (χ4n) is 1.68. The van der Waals surface area contributed by atoms with Crippen LogP contribution in [0.1, 0.15) is 6.92 Å². The highest BCUT2D eigenvalue weighted by molar-refractivity contribution is 9.09. The van der Waals surface area contributed by atoms with E-state index in [1.165, 1.54) is 4.90 Å². The van der Waals surface area contributed by atoms with Gasteiger partial charge in [0.15, 0.2) is 0 Å². The van der Waals surface area contributed by atoms with Gasteiger partial charge in [0, 0.05) is 18.4 Å². The molecule has 0 spiro atoms. The molecule has 1 heterocycles. The lowest BCUT2D eigenvalue weighted by Gasteiger charge is -2.36. The Morgan fingerprint density at radius 1 is 1.50 bits per heavy atom. The summed E-state index contributed by atoms with van der Waals surface area (Å²) >= 11 is 3.25. The number of ether oxygens (including phenoxy) is 2. The summed E-state index contributed by atoms with van der Waals surface area (Å²) in [5, 5.41) is 0.574. The van der Waals surface area contributed by atoms with Crippen LogP contribution in [0.4, 0.5) is 13.2 Å². The molecule has 0 N–H and O–H groups in total. The monoisotopic (exact) mass is 333 g/mol. The first-order valence-corrected chi connectivity index (χ1v) is 6.57. The lowest BCUT2D eigenvalue weighted by Crippen LogP contribution is -2.50. The molecule has 1 aliphatic rings. The number of halogens is 4. The van der Waals surface area contributed by atoms with Crippen molar-refractivity contribution >= 4 is 21.8 Å². The molecule has 2 unspecified atom stereocenters. The maximum Gasteiger partial charge on any atom is 0.411 e. The molecule has 8 heteroatoms. The Morgan fingerprint density at radius 3 is 2.72 bits per heavy atom. The Labute approximate surface area is 112 Å². The van der Waals surface area contributed by atoms with Crippen molar-refractivity contribution in [2.24, 2.45) is 0 Å². The first kappa shape index (κ1) is 15.7. The van der Waals surface area contributed by atoms with Crippen molar-refractivity contribution in [1.82, 2.24) is 4.90 Å². The van der Waals surface area contributed by atoms with Gasteiger partial charge in [0.25, 0.3) is 0 Å². The number of rotatable bonds is 4. The van der Waals surface area contributed by atoms with Gasteiger partial charge in [-0.3, -0.25) is 4.79 Å². The summed E-state index contributed by atoms with van der Waals surface area (Å²) in [5.41, 5.74) is 0. The highest BCUT2D eigenvalue weighted by Crippen LogP contribution is 2.15. The summed E-state index contributed by atoms with van der Waals surface area (Å²) in [5.74, 6) is -0.444. The van der Waals surface area contributed by atoms with E-state index in [0.29, 0.717) is 18.4 Å². The number of carbonyl (C=O) groups excluding carboxylic acids is 1. The van der Waals surface area contributed by atoms with E-state index >= 15 is 0 Å². The van der Waals surface area contributed by atoms with Crippen molar-refractivity contribution in [3.8, 4) is 0 Å². The molecule has 1 amide bonds. The van der Waals surface area contributed by atoms with Gasteiger partial charge in [-0.2, -0.15) is 13.2 Å². The normalized spacial score (nSPS) is 25.3. The molecule has 0 aromatic heterocycles. The second-order valence-electron chi connectivity index (χ2n) is 4.13. The standard InChI is InChI=1S/C10H15BrF3NO3/c1-7-3-15(4-8(2-11)18-7)9(16)5-17-6-10(12,13)14/h7-8H,2-6H2,1H3. The van der Waals surface area contributed by atoms with Crippen LogP contribution in [0, 0.1) is 0 Å². The average molecular weight is 334 g/mol. The van der Waals surface area contributed by atoms with Crippen LogP contribution in [0.15, 0.2) is 0 Å². The fourth-order valence-corrected chi connectivity index (χ4v) is 2.04. The third kappa shape index (κ3) is 5.53. The van der Waals surface area contributed by atoms with Gasteiger partial charge in [0.05, 0.1) is 12.2 Å². The second kappa shape index (κ2) is 6.72. The van der Waals surface area contributed by atoms with Crippen molar-refractivity contribution in [3.05, 3.63) is 0 Å². The molecule has 1 fully saturated rings. The summed E-state index contributed by atoms with van der Waals surface area (Å²) in [6.07, 6.45) is -4.68. The first-order valence-electron chi connectivity index (χ1n) is 5.45. The molecule has 0 aromatic carbocycles. The van der Waals surface area contributed by atoms with E-state index < -0.39 is 25.3 Å². The van der Waals surface area contributed by atoms with Crippen LogP contribution in [0.2, 0.25) is 0 Å². The van der Waals surface area contributed by atoms with Crippen LogP contribution < -0.4 is 0 Å². The Hall–Kier alpha value is -0.340. The van der Waals surface area contributed by atoms with E-state index in [9.17, 15) is 18.0 Å². The summed E-state index contributed by atoms with van der Waals surface area (Å²) in [4.78, 5) is 13.1. The van der Waals surface area contributed by atoms with E-state index in [1.807, 2.05) is 6.92 Å². The Balaban J connectivity index is 2.36. The summed E-state index contributed by atoms with van der Waals surface area (Å²) in [6.45, 7) is 0.592. The maximum absolute atomic E-state index is 11.9. The fraction of sp³-hybridized carbons (Fsp3) is 0.900. The topological polar surface area (TPSA) is 38.8 Å². The number of hydrogen-bond donors (Lipinski definition) is 0. The van der Waals surface area contributed by atoms with Gasteiger partial charge < -0.3 is 14.4 Å². The highest BCUT2D eigenvalue weighted by Gasteiger charge is 2.30. The van der Waals surface area contributed by atoms with E-state index in [1.54, 1.807) is 0 Å². The Bertz CT molecular complexity index is 288. The molecule has 2 atom stereocenters. The van der Waals surface area contributed by atoms with Gasteiger partial charge in [-0.05, 0) is 6.92 Å². The van der Waals surface area contributed by atoms with E-state index in [0.717, 1.165) is 0 Å². The molecule has 1 saturated heterocycles. The Morgan fingerprint density at radius 2 is 2.17 bits per heavy atom. The number of hydrogen-bond acceptors (Lipinski definition) is 3. The smallest absolute Gasteiger partial charge is 0.371 e. The van der Waals surface area contributed by atoms with Crippen molar-refractivity contribution in [2.45, 2.75) is 25.3 Å². The summed E-state index contributed by atoms with van der Waals surface area (Å²) < 4.78 is 45.4. The number of nitrogens with zero attached hydrogens (tertiary/aromatic N) is 1. The highest BCUT2D eigenvalue weighted by atomic mass is 79.9. The van der Waals surface area contributed by atoms with E-state index in [-0.39, 0.29) is 12.2 Å². The third-order valence-electron chi connectivity index (χ3n) is 2.34. The van der Waals surface area contributed by atoms with Gasteiger partial charge in [-0.15, -0.1) is 0 Å². The number of carbonyl (C=O) groups is 1. The quantitative estimate of drug-likeness (QED) is 0.733. The molecule has 4 nitrogen and oxygen atoms in total. The molecule has 0 aliphatic carbocycles. The van der Waals surface area contributed by atoms with Crippen LogP contribution in [-0.4, -0.2) is 60.8 Å². The van der Waals surface area contributed by atoms with Crippen molar-refractivity contribution in [2.75, 3.05) is 31.6 Å². The van der Waals surface area contributed by atoms with Gasteiger partial charge in [0.2, 0.25) is 5.91 Å². The molecule has 0 saturated carbocycles. The molecular formula is C10H15BrF3NO3. The van der Waals surface area contributed by atoms with E-state index in [2.05, 4.69) is 20.7 Å². The average Bonchev–Trinajstić information content (AvgIpc) is 2.26. The molecule has 1 aliphatic heterocycles. The SMILES string of the molecule is CC1CN(C(=O)COCC(F)(F)F)CC(CBr)O1. The van der Waals surface area contributed by atoms with Gasteiger partial charge in [0.1, 0.15) is 13.2 Å². The largest absolute Gasteiger partial charge is 0.411 e. The molecule has 106 valence electrons. The zero-order chi connectivity index (χ0) is 13.8. The molecule has 1 rings (SSSR count). The molecule has 0 radical (unpaired) electrons. The van der Waals surface area contributed by atoms with E-state index in [4.69, 9.17) is 4.74 Å². The second-order valence-corrected chi connectivity index (χ2v) is 4.78. The lowest BCUT2D eigenvalue weighted by molar-refractivity contribution is -0.180.